The first-order valence-electron chi connectivity index (χ1n) is 5.51. The minimum absolute atomic E-state index is 0.253. The molecule has 2 rings (SSSR count). The van der Waals surface area contributed by atoms with E-state index in [1.165, 1.54) is 7.11 Å². The fourth-order valence-electron chi connectivity index (χ4n) is 1.73. The molecule has 0 amide bonds. The minimum atomic E-state index is -0.857. The first-order chi connectivity index (χ1) is 8.72. The Labute approximate surface area is 104 Å². The normalized spacial score (nSPS) is 10.6. The second-order valence-corrected chi connectivity index (χ2v) is 3.83. The van der Waals surface area contributed by atoms with Crippen LogP contribution in [-0.2, 0) is 11.4 Å². The van der Waals surface area contributed by atoms with E-state index in [1.54, 1.807) is 30.3 Å². The summed E-state index contributed by atoms with van der Waals surface area (Å²) in [6.07, 6.45) is 0. The molecule has 1 N–H and O–H groups in total. The maximum atomic E-state index is 13.8. The molecule has 0 radical (unpaired) electrons. The van der Waals surface area contributed by atoms with Gasteiger partial charge < -0.3 is 4.84 Å². The summed E-state index contributed by atoms with van der Waals surface area (Å²) in [5.74, 6) is -1.69. The Morgan fingerprint density at radius 2 is 1.83 bits per heavy atom. The summed E-state index contributed by atoms with van der Waals surface area (Å²) in [6.45, 7) is 0.313. The maximum Gasteiger partial charge on any atom is 0.166 e. The fraction of sp³-hybridized carbons (Fsp3) is 0.143. The van der Waals surface area contributed by atoms with Gasteiger partial charge in [0.2, 0.25) is 0 Å². The van der Waals surface area contributed by atoms with Crippen molar-refractivity contribution in [2.75, 3.05) is 7.11 Å². The number of benzene rings is 2. The molecule has 0 aromatic heterocycles. The molecule has 0 unspecified atom stereocenters. The van der Waals surface area contributed by atoms with E-state index in [0.717, 1.165) is 6.07 Å². The zero-order chi connectivity index (χ0) is 13.0. The predicted molar refractivity (Wildman–Crippen MR) is 65.6 cm³/mol. The van der Waals surface area contributed by atoms with Crippen LogP contribution in [0.4, 0.5) is 8.78 Å². The summed E-state index contributed by atoms with van der Waals surface area (Å²) in [5.41, 5.74) is 4.12. The Hall–Kier alpha value is -1.78. The lowest BCUT2D eigenvalue weighted by atomic mass is 10.0. The third-order valence-corrected chi connectivity index (χ3v) is 2.59. The molecule has 0 atom stereocenters. The van der Waals surface area contributed by atoms with E-state index >= 15 is 0 Å². The van der Waals surface area contributed by atoms with Gasteiger partial charge in [0.15, 0.2) is 11.6 Å². The van der Waals surface area contributed by atoms with Gasteiger partial charge >= 0.3 is 0 Å². The Morgan fingerprint density at radius 3 is 2.50 bits per heavy atom. The summed E-state index contributed by atoms with van der Waals surface area (Å²) < 4.78 is 27.3. The molecule has 0 aliphatic heterocycles. The number of hydrogen-bond donors (Lipinski definition) is 1. The smallest absolute Gasteiger partial charge is 0.166 e. The second-order valence-electron chi connectivity index (χ2n) is 3.83. The molecule has 2 aromatic rings. The summed E-state index contributed by atoms with van der Waals surface area (Å²) in [4.78, 5) is 4.70. The van der Waals surface area contributed by atoms with Crippen molar-refractivity contribution in [3.8, 4) is 11.1 Å². The zero-order valence-electron chi connectivity index (χ0n) is 9.91. The molecule has 0 spiro atoms. The van der Waals surface area contributed by atoms with Crippen LogP contribution in [0.5, 0.6) is 0 Å². The summed E-state index contributed by atoms with van der Waals surface area (Å²) in [5, 5.41) is 0. The third-order valence-electron chi connectivity index (χ3n) is 2.59. The highest BCUT2D eigenvalue weighted by Crippen LogP contribution is 2.25. The lowest BCUT2D eigenvalue weighted by Gasteiger charge is -2.08. The van der Waals surface area contributed by atoms with Gasteiger partial charge in [-0.25, -0.2) is 8.78 Å². The van der Waals surface area contributed by atoms with Crippen molar-refractivity contribution in [2.45, 2.75) is 6.54 Å². The van der Waals surface area contributed by atoms with Crippen molar-refractivity contribution in [3.63, 3.8) is 0 Å². The molecule has 4 heteroatoms. The van der Waals surface area contributed by atoms with Gasteiger partial charge in [-0.05, 0) is 23.3 Å². The van der Waals surface area contributed by atoms with E-state index in [9.17, 15) is 8.78 Å². The van der Waals surface area contributed by atoms with Crippen LogP contribution < -0.4 is 5.48 Å². The quantitative estimate of drug-likeness (QED) is 0.839. The van der Waals surface area contributed by atoms with Crippen molar-refractivity contribution in [2.24, 2.45) is 0 Å². The molecular weight excluding hydrogens is 236 g/mol. The number of nitrogens with one attached hydrogen (secondary N) is 1. The Balaban J connectivity index is 2.43. The Bertz CT molecular complexity index is 529. The average molecular weight is 249 g/mol. The summed E-state index contributed by atoms with van der Waals surface area (Å²) in [6, 6.07) is 11.7. The van der Waals surface area contributed by atoms with Crippen LogP contribution >= 0.6 is 0 Å². The third kappa shape index (κ3) is 2.72. The van der Waals surface area contributed by atoms with E-state index in [-0.39, 0.29) is 5.56 Å². The average Bonchev–Trinajstić information content (AvgIpc) is 2.41. The first kappa shape index (κ1) is 12.7. The van der Waals surface area contributed by atoms with Crippen LogP contribution in [0.3, 0.4) is 0 Å². The van der Waals surface area contributed by atoms with Gasteiger partial charge in [0.25, 0.3) is 0 Å². The molecule has 18 heavy (non-hydrogen) atoms. The largest absolute Gasteiger partial charge is 0.305 e. The second kappa shape index (κ2) is 5.71. The maximum absolute atomic E-state index is 13.8. The van der Waals surface area contributed by atoms with Crippen LogP contribution in [0, 0.1) is 11.6 Å². The highest BCUT2D eigenvalue weighted by atomic mass is 19.2. The standard InChI is InChI=1S/C14H13F2NO/c1-18-17-9-10-7-12(14(16)13(15)8-10)11-5-3-2-4-6-11/h2-8,17H,9H2,1H3. The first-order valence-corrected chi connectivity index (χ1v) is 5.51. The number of halogens is 2. The molecule has 0 bridgehead atoms. The zero-order valence-corrected chi connectivity index (χ0v) is 9.91. The fourth-order valence-corrected chi connectivity index (χ4v) is 1.73. The molecule has 0 aliphatic rings. The minimum Gasteiger partial charge on any atom is -0.305 e. The topological polar surface area (TPSA) is 21.3 Å². The molecular formula is C14H13F2NO. The molecule has 2 aromatic carbocycles. The lowest BCUT2D eigenvalue weighted by molar-refractivity contribution is 0.0866. The van der Waals surface area contributed by atoms with Crippen molar-refractivity contribution in [1.29, 1.82) is 0 Å². The highest BCUT2D eigenvalue weighted by molar-refractivity contribution is 5.65. The highest BCUT2D eigenvalue weighted by Gasteiger charge is 2.12. The summed E-state index contributed by atoms with van der Waals surface area (Å²) in [7, 11) is 1.47. The van der Waals surface area contributed by atoms with Crippen molar-refractivity contribution in [1.82, 2.24) is 5.48 Å². The van der Waals surface area contributed by atoms with Gasteiger partial charge in [0.05, 0.1) is 7.11 Å². The number of hydroxylamine groups is 1. The number of rotatable bonds is 4. The van der Waals surface area contributed by atoms with Crippen LogP contribution in [-0.4, -0.2) is 7.11 Å². The Morgan fingerprint density at radius 1 is 1.11 bits per heavy atom. The van der Waals surface area contributed by atoms with Crippen molar-refractivity contribution >= 4 is 0 Å². The van der Waals surface area contributed by atoms with E-state index in [0.29, 0.717) is 17.7 Å². The van der Waals surface area contributed by atoms with Gasteiger partial charge in [-0.2, -0.15) is 5.48 Å². The van der Waals surface area contributed by atoms with E-state index in [4.69, 9.17) is 4.84 Å². The molecule has 0 saturated carbocycles. The molecule has 0 heterocycles. The van der Waals surface area contributed by atoms with Gasteiger partial charge in [-0.15, -0.1) is 0 Å². The van der Waals surface area contributed by atoms with Gasteiger partial charge in [0, 0.05) is 12.1 Å². The monoisotopic (exact) mass is 249 g/mol. The van der Waals surface area contributed by atoms with Crippen molar-refractivity contribution in [3.05, 3.63) is 59.7 Å². The molecule has 0 aliphatic carbocycles. The predicted octanol–water partition coefficient (Wildman–Crippen LogP) is 3.28. The van der Waals surface area contributed by atoms with Crippen LogP contribution in [0.2, 0.25) is 0 Å². The van der Waals surface area contributed by atoms with Gasteiger partial charge in [-0.1, -0.05) is 30.3 Å². The SMILES string of the molecule is CONCc1cc(F)c(F)c(-c2ccccc2)c1. The molecule has 0 saturated heterocycles. The lowest BCUT2D eigenvalue weighted by Crippen LogP contribution is -2.11. The van der Waals surface area contributed by atoms with E-state index in [1.807, 2.05) is 6.07 Å². The van der Waals surface area contributed by atoms with Crippen LogP contribution in [0.1, 0.15) is 5.56 Å². The molecule has 0 fully saturated rings. The van der Waals surface area contributed by atoms with Gasteiger partial charge in [-0.3, -0.25) is 0 Å². The van der Waals surface area contributed by atoms with Gasteiger partial charge in [0.1, 0.15) is 0 Å². The molecule has 2 nitrogen and oxygen atoms in total. The van der Waals surface area contributed by atoms with Crippen LogP contribution in [0.25, 0.3) is 11.1 Å². The van der Waals surface area contributed by atoms with E-state index in [2.05, 4.69) is 5.48 Å². The summed E-state index contributed by atoms with van der Waals surface area (Å²) >= 11 is 0. The molecule has 94 valence electrons. The number of hydrogen-bond acceptors (Lipinski definition) is 2. The Kier molecular flexibility index (Phi) is 4.02. The van der Waals surface area contributed by atoms with Crippen molar-refractivity contribution < 1.29 is 13.6 Å². The van der Waals surface area contributed by atoms with Crippen LogP contribution in [0.15, 0.2) is 42.5 Å². The van der Waals surface area contributed by atoms with E-state index < -0.39 is 11.6 Å².